The second-order valence-corrected chi connectivity index (χ2v) is 23.5. The maximum absolute atomic E-state index is 15.1. The van der Waals surface area contributed by atoms with Crippen molar-refractivity contribution in [1.82, 2.24) is 0 Å². The van der Waals surface area contributed by atoms with Gasteiger partial charge in [-0.25, -0.2) is 0 Å². The molecule has 5 heterocycles. The highest BCUT2D eigenvalue weighted by Gasteiger charge is 2.52. The van der Waals surface area contributed by atoms with Gasteiger partial charge in [-0.1, -0.05) is 13.8 Å². The van der Waals surface area contributed by atoms with Crippen molar-refractivity contribution < 1.29 is 122 Å². The third-order valence-electron chi connectivity index (χ3n) is 16.8. The number of ketones is 2. The Hall–Kier alpha value is -3.81. The Morgan fingerprint density at radius 1 is 0.695 bits per heavy atom. The molecule has 0 amide bonds. The van der Waals surface area contributed by atoms with Crippen LogP contribution in [0.4, 0.5) is 0 Å². The van der Waals surface area contributed by atoms with Gasteiger partial charge in [0.15, 0.2) is 42.8 Å². The average molecular weight is 1170 g/mol. The van der Waals surface area contributed by atoms with Crippen molar-refractivity contribution in [2.24, 2.45) is 11.8 Å². The molecule has 8 rings (SSSR count). The van der Waals surface area contributed by atoms with E-state index in [1.807, 2.05) is 0 Å². The predicted octanol–water partition coefficient (Wildman–Crippen LogP) is 1.61. The normalized spacial score (nSPS) is 40.2. The minimum absolute atomic E-state index is 0.0808. The zero-order valence-electron chi connectivity index (χ0n) is 48.4. The minimum atomic E-state index is -1.95. The lowest BCUT2D eigenvalue weighted by Crippen LogP contribution is -2.59. The molecule has 0 aromatic heterocycles. The topological polar surface area (TPSA) is 353 Å². The van der Waals surface area contributed by atoms with Gasteiger partial charge in [0, 0.05) is 57.8 Å². The molecule has 2 aromatic rings. The summed E-state index contributed by atoms with van der Waals surface area (Å²) >= 11 is 0. The number of aliphatic hydroxyl groups excluding tert-OH is 6. The fourth-order valence-corrected chi connectivity index (χ4v) is 12.2. The summed E-state index contributed by atoms with van der Waals surface area (Å²) in [5, 5.41) is 101. The third kappa shape index (κ3) is 13.4. The second-order valence-electron chi connectivity index (χ2n) is 23.5. The molecule has 2 aromatic carbocycles. The van der Waals surface area contributed by atoms with E-state index in [1.165, 1.54) is 47.1 Å². The molecule has 82 heavy (non-hydrogen) atoms. The van der Waals surface area contributed by atoms with E-state index >= 15 is 4.79 Å². The highest BCUT2D eigenvalue weighted by atomic mass is 16.7. The number of carbonyl (C=O) groups is 3. The predicted molar refractivity (Wildman–Crippen MR) is 282 cm³/mol. The Labute approximate surface area is 475 Å². The molecule has 9 N–H and O–H groups in total. The van der Waals surface area contributed by atoms with Gasteiger partial charge in [-0.2, -0.15) is 0 Å². The van der Waals surface area contributed by atoms with Gasteiger partial charge in [-0.05, 0) is 84.9 Å². The monoisotopic (exact) mass is 1170 g/mol. The molecular formula is C57H84O25. The summed E-state index contributed by atoms with van der Waals surface area (Å²) in [6.07, 6.45) is -25.7. The van der Waals surface area contributed by atoms with Crippen LogP contribution in [-0.4, -0.2) is 225 Å². The number of benzene rings is 2. The first kappa shape index (κ1) is 64.2. The average Bonchev–Trinajstić information content (AvgIpc) is 2.15. The number of aromatic hydroxyl groups is 2. The van der Waals surface area contributed by atoms with Crippen molar-refractivity contribution in [2.75, 3.05) is 14.2 Å². The number of phenolic OH excluding ortho intramolecular Hbond substituents is 2. The van der Waals surface area contributed by atoms with Crippen molar-refractivity contribution >= 4 is 28.3 Å². The van der Waals surface area contributed by atoms with Crippen LogP contribution < -0.4 is 4.74 Å². The van der Waals surface area contributed by atoms with Crippen LogP contribution in [0.3, 0.4) is 0 Å². The molecule has 0 radical (unpaired) electrons. The molecule has 0 spiro atoms. The van der Waals surface area contributed by atoms with Gasteiger partial charge in [-0.15, -0.1) is 0 Å². The van der Waals surface area contributed by atoms with Crippen LogP contribution in [-0.2, 0) is 72.9 Å². The van der Waals surface area contributed by atoms with Crippen LogP contribution in [0.5, 0.6) is 17.2 Å². The van der Waals surface area contributed by atoms with Gasteiger partial charge < -0.3 is 108 Å². The first-order chi connectivity index (χ1) is 38.5. The SMILES string of the molecule is COC(C(=O)C(O)C(C)O)C1Cc2cc3cc(OC4CC(O)C(OC5CC(O)C(OC)C(C)O5)C(C)O4)c(C)c(O)c3c(O)c2C(=O)C1OC1CC(OC2CC(OC3CC(C)(O)C(OC(=O)C(C)C)C(C)O3)C(O)C(C)O2)C(O)C(C)O1. The third-order valence-corrected chi connectivity index (χ3v) is 16.8. The van der Waals surface area contributed by atoms with E-state index in [-0.39, 0.29) is 71.7 Å². The Bertz CT molecular complexity index is 2540. The van der Waals surface area contributed by atoms with E-state index in [0.29, 0.717) is 0 Å². The molecule has 25 unspecified atom stereocenters. The molecular weight excluding hydrogens is 1080 g/mol. The number of methoxy groups -OCH3 is 2. The van der Waals surface area contributed by atoms with Crippen molar-refractivity contribution in [1.29, 1.82) is 0 Å². The van der Waals surface area contributed by atoms with E-state index in [2.05, 4.69) is 0 Å². The lowest BCUT2D eigenvalue weighted by atomic mass is 9.75. The molecule has 0 saturated carbocycles. The number of fused-ring (bicyclic) bond motifs is 2. The lowest BCUT2D eigenvalue weighted by molar-refractivity contribution is -0.334. The molecule has 6 aliphatic rings. The summed E-state index contributed by atoms with van der Waals surface area (Å²) in [5.74, 6) is -5.00. The smallest absolute Gasteiger partial charge is 0.308 e. The van der Waals surface area contributed by atoms with Crippen LogP contribution in [0.1, 0.15) is 116 Å². The van der Waals surface area contributed by atoms with Gasteiger partial charge in [0.05, 0.1) is 77.9 Å². The Balaban J connectivity index is 1.00. The van der Waals surface area contributed by atoms with Crippen molar-refractivity contribution in [3.8, 4) is 17.2 Å². The minimum Gasteiger partial charge on any atom is -0.507 e. The number of rotatable bonds is 18. The Kier molecular flexibility index (Phi) is 20.4. The van der Waals surface area contributed by atoms with Gasteiger partial charge in [0.2, 0.25) is 6.29 Å². The fourth-order valence-electron chi connectivity index (χ4n) is 12.2. The van der Waals surface area contributed by atoms with E-state index in [9.17, 15) is 55.5 Å². The second kappa shape index (κ2) is 26.0. The molecule has 0 bridgehead atoms. The number of hydrogen-bond donors (Lipinski definition) is 9. The molecule has 5 fully saturated rings. The van der Waals surface area contributed by atoms with Gasteiger partial charge in [0.25, 0.3) is 0 Å². The van der Waals surface area contributed by atoms with E-state index < -0.39 is 188 Å². The molecule has 5 saturated heterocycles. The van der Waals surface area contributed by atoms with Crippen LogP contribution in [0.2, 0.25) is 0 Å². The summed E-state index contributed by atoms with van der Waals surface area (Å²) in [6, 6.07) is 3.04. The number of hydrogen-bond acceptors (Lipinski definition) is 25. The number of Topliss-reactive ketones (excluding diaryl/α,β-unsaturated/α-hetero) is 2. The molecule has 1 aliphatic carbocycles. The van der Waals surface area contributed by atoms with Gasteiger partial charge in [0.1, 0.15) is 65.6 Å². The van der Waals surface area contributed by atoms with Crippen LogP contribution in [0.15, 0.2) is 12.1 Å². The molecule has 5 aliphatic heterocycles. The number of carbonyl (C=O) groups excluding carboxylic acids is 3. The fraction of sp³-hybridized carbons (Fsp3) is 0.772. The highest BCUT2D eigenvalue weighted by molar-refractivity contribution is 6.11. The van der Waals surface area contributed by atoms with E-state index in [0.717, 1.165) is 0 Å². The largest absolute Gasteiger partial charge is 0.507 e. The quantitative estimate of drug-likeness (QED) is 0.0958. The summed E-state index contributed by atoms with van der Waals surface area (Å²) < 4.78 is 78.4. The number of phenols is 2. The summed E-state index contributed by atoms with van der Waals surface area (Å²) in [5.41, 5.74) is -1.48. The zero-order chi connectivity index (χ0) is 60.1. The maximum atomic E-state index is 15.1. The highest BCUT2D eigenvalue weighted by Crippen LogP contribution is 2.48. The van der Waals surface area contributed by atoms with Gasteiger partial charge >= 0.3 is 5.97 Å². The van der Waals surface area contributed by atoms with Gasteiger partial charge in [-0.3, -0.25) is 14.4 Å². The lowest BCUT2D eigenvalue weighted by Gasteiger charge is -2.47. The maximum Gasteiger partial charge on any atom is 0.308 e. The van der Waals surface area contributed by atoms with Crippen molar-refractivity contribution in [3.05, 3.63) is 28.8 Å². The number of aliphatic hydroxyl groups is 7. The van der Waals surface area contributed by atoms with Crippen molar-refractivity contribution in [2.45, 2.75) is 255 Å². The molecule has 25 heteroatoms. The van der Waals surface area contributed by atoms with Crippen LogP contribution >= 0.6 is 0 Å². The van der Waals surface area contributed by atoms with E-state index in [1.54, 1.807) is 48.5 Å². The molecule has 25 atom stereocenters. The van der Waals surface area contributed by atoms with Crippen molar-refractivity contribution in [3.63, 3.8) is 0 Å². The Morgan fingerprint density at radius 2 is 1.23 bits per heavy atom. The first-order valence-corrected chi connectivity index (χ1v) is 28.2. The Morgan fingerprint density at radius 3 is 1.79 bits per heavy atom. The zero-order valence-corrected chi connectivity index (χ0v) is 48.4. The van der Waals surface area contributed by atoms with Crippen LogP contribution in [0, 0.1) is 18.8 Å². The molecule has 25 nitrogen and oxygen atoms in total. The number of esters is 1. The number of ether oxygens (including phenoxy) is 13. The molecule has 462 valence electrons. The van der Waals surface area contributed by atoms with Crippen LogP contribution in [0.25, 0.3) is 10.8 Å². The summed E-state index contributed by atoms with van der Waals surface area (Å²) in [7, 11) is 2.66. The summed E-state index contributed by atoms with van der Waals surface area (Å²) in [6.45, 7) is 15.8. The standard InChI is InChI=1S/C57H84O25/c1-21(2)56(68)82-55-28(9)76-41(20-57(55,10)69)79-36-18-39(72-24(5)47(36)64)78-35-19-40(73-25(6)46(35)63)81-54-31(53(71-12)50(67)45(62)23(4)58)14-29-13-30-15-34(22(3)44(61)42(30)48(65)43(29)49(54)66)77-37-17-33(60)52(27(8)75-37)80-38-16-32(59)51(70-11)26(7)74-38/h13,15,21,23-28,31-33,35-41,45-47,51-55,58-65,69H,14,16-20H2,1-12H3. The summed E-state index contributed by atoms with van der Waals surface area (Å²) in [4.78, 5) is 41.5. The van der Waals surface area contributed by atoms with E-state index in [4.69, 9.17) is 61.6 Å². The first-order valence-electron chi connectivity index (χ1n) is 28.2.